The average Bonchev–Trinajstić information content (AvgIpc) is 3.09. The first-order valence-corrected chi connectivity index (χ1v) is 8.85. The van der Waals surface area contributed by atoms with E-state index in [2.05, 4.69) is 10.6 Å². The maximum atomic E-state index is 11.7. The fourth-order valence-corrected chi connectivity index (χ4v) is 3.05. The molecular formula is C17H23N3O3S. The van der Waals surface area contributed by atoms with Crippen molar-refractivity contribution in [2.45, 2.75) is 32.4 Å². The zero-order chi connectivity index (χ0) is 17.4. The van der Waals surface area contributed by atoms with Gasteiger partial charge in [0.2, 0.25) is 0 Å². The highest BCUT2D eigenvalue weighted by molar-refractivity contribution is 7.10. The number of carbonyl (C=O) groups excluding carboxylic acids is 1. The lowest BCUT2D eigenvalue weighted by Crippen LogP contribution is -2.38. The third kappa shape index (κ3) is 5.50. The second kappa shape index (κ2) is 9.24. The summed E-state index contributed by atoms with van der Waals surface area (Å²) in [5.74, 6) is 0. The van der Waals surface area contributed by atoms with Crippen LogP contribution in [0.15, 0.2) is 40.5 Å². The van der Waals surface area contributed by atoms with Crippen molar-refractivity contribution in [1.82, 2.24) is 15.2 Å². The van der Waals surface area contributed by atoms with E-state index in [0.29, 0.717) is 13.1 Å². The first kappa shape index (κ1) is 18.2. The van der Waals surface area contributed by atoms with Crippen LogP contribution in [0.3, 0.4) is 0 Å². The lowest BCUT2D eigenvalue weighted by molar-refractivity contribution is 0.176. The molecular weight excluding hydrogens is 326 g/mol. The van der Waals surface area contributed by atoms with Gasteiger partial charge in [-0.15, -0.1) is 11.3 Å². The third-order valence-corrected chi connectivity index (χ3v) is 4.66. The largest absolute Gasteiger partial charge is 0.386 e. The number of hydrogen-bond acceptors (Lipinski definition) is 4. The molecule has 130 valence electrons. The summed E-state index contributed by atoms with van der Waals surface area (Å²) in [4.78, 5) is 24.2. The fourth-order valence-electron chi connectivity index (χ4n) is 2.34. The Bertz CT molecular complexity index is 697. The molecule has 7 heteroatoms. The second-order valence-electron chi connectivity index (χ2n) is 5.53. The van der Waals surface area contributed by atoms with Crippen molar-refractivity contribution in [3.63, 3.8) is 0 Å². The number of aryl methyl sites for hydroxylation is 1. The summed E-state index contributed by atoms with van der Waals surface area (Å²) in [5, 5.41) is 17.2. The van der Waals surface area contributed by atoms with Gasteiger partial charge in [0.05, 0.1) is 6.54 Å². The first-order valence-electron chi connectivity index (χ1n) is 7.97. The molecule has 2 aromatic rings. The van der Waals surface area contributed by atoms with Crippen LogP contribution in [0.2, 0.25) is 0 Å². The normalized spacial score (nSPS) is 11.9. The first-order chi connectivity index (χ1) is 11.6. The smallest absolute Gasteiger partial charge is 0.314 e. The van der Waals surface area contributed by atoms with Gasteiger partial charge in [-0.2, -0.15) is 0 Å². The van der Waals surface area contributed by atoms with Crippen LogP contribution in [0.4, 0.5) is 4.79 Å². The Morgan fingerprint density at radius 3 is 2.79 bits per heavy atom. The highest BCUT2D eigenvalue weighted by Crippen LogP contribution is 2.17. The molecule has 0 spiro atoms. The van der Waals surface area contributed by atoms with Crippen LogP contribution in [0.1, 0.15) is 29.5 Å². The van der Waals surface area contributed by atoms with Crippen LogP contribution >= 0.6 is 11.3 Å². The summed E-state index contributed by atoms with van der Waals surface area (Å²) < 4.78 is 1.73. The highest BCUT2D eigenvalue weighted by atomic mass is 32.1. The molecule has 2 heterocycles. The van der Waals surface area contributed by atoms with E-state index >= 15 is 0 Å². The summed E-state index contributed by atoms with van der Waals surface area (Å²) in [7, 11) is 0. The predicted molar refractivity (Wildman–Crippen MR) is 95.4 cm³/mol. The summed E-state index contributed by atoms with van der Waals surface area (Å²) >= 11 is 1.46. The molecule has 0 saturated heterocycles. The number of nitrogens with one attached hydrogen (secondary N) is 2. The number of pyridine rings is 1. The Balaban J connectivity index is 1.60. The summed E-state index contributed by atoms with van der Waals surface area (Å²) in [5.41, 5.74) is 0.944. The molecule has 2 rings (SSSR count). The maximum Gasteiger partial charge on any atom is 0.314 e. The fraction of sp³-hybridized carbons (Fsp3) is 0.412. The standard InChI is InChI=1S/C17H23N3O3S/c1-13-6-4-8-16(22)20(13)10-3-2-9-18-17(23)19-12-14(21)15-7-5-11-24-15/h4-8,11,14,21H,2-3,9-10,12H2,1H3,(H2,18,19,23)/t14-/m1/s1. The molecule has 3 N–H and O–H groups in total. The van der Waals surface area contributed by atoms with Crippen molar-refractivity contribution in [3.8, 4) is 0 Å². The minimum Gasteiger partial charge on any atom is -0.386 e. The Morgan fingerprint density at radius 2 is 2.08 bits per heavy atom. The number of urea groups is 1. The predicted octanol–water partition coefficient (Wildman–Crippen LogP) is 2.03. The Labute approximate surface area is 145 Å². The van der Waals surface area contributed by atoms with Crippen LogP contribution in [0, 0.1) is 6.92 Å². The van der Waals surface area contributed by atoms with Gasteiger partial charge in [-0.25, -0.2) is 4.79 Å². The summed E-state index contributed by atoms with van der Waals surface area (Å²) in [6, 6.07) is 8.62. The molecule has 24 heavy (non-hydrogen) atoms. The van der Waals surface area contributed by atoms with Crippen LogP contribution in [0.5, 0.6) is 0 Å². The minimum absolute atomic E-state index is 0.00302. The zero-order valence-electron chi connectivity index (χ0n) is 13.7. The monoisotopic (exact) mass is 349 g/mol. The lowest BCUT2D eigenvalue weighted by Gasteiger charge is -2.12. The zero-order valence-corrected chi connectivity index (χ0v) is 14.5. The van der Waals surface area contributed by atoms with Crippen molar-refractivity contribution in [3.05, 3.63) is 56.6 Å². The molecule has 2 aromatic heterocycles. The number of nitrogens with zero attached hydrogens (tertiary/aromatic N) is 1. The SMILES string of the molecule is Cc1cccc(=O)n1CCCCNC(=O)NC[C@@H](O)c1cccs1. The van der Waals surface area contributed by atoms with Gasteiger partial charge in [0.25, 0.3) is 5.56 Å². The number of thiophene rings is 1. The Hall–Kier alpha value is -2.12. The molecule has 0 bridgehead atoms. The van der Waals surface area contributed by atoms with E-state index < -0.39 is 6.10 Å². The summed E-state index contributed by atoms with van der Waals surface area (Å²) in [6.45, 7) is 3.27. The number of carbonyl (C=O) groups is 1. The molecule has 0 fully saturated rings. The van der Waals surface area contributed by atoms with Gasteiger partial charge in [0, 0.05) is 29.7 Å². The lowest BCUT2D eigenvalue weighted by atomic mass is 10.3. The molecule has 2 amide bonds. The Morgan fingerprint density at radius 1 is 1.25 bits per heavy atom. The van der Waals surface area contributed by atoms with Crippen molar-refractivity contribution >= 4 is 17.4 Å². The number of amides is 2. The van der Waals surface area contributed by atoms with E-state index in [-0.39, 0.29) is 18.1 Å². The number of rotatable bonds is 8. The maximum absolute atomic E-state index is 11.7. The quantitative estimate of drug-likeness (QED) is 0.638. The number of hydrogen-bond donors (Lipinski definition) is 3. The third-order valence-electron chi connectivity index (χ3n) is 3.69. The van der Waals surface area contributed by atoms with Gasteiger partial charge < -0.3 is 20.3 Å². The molecule has 0 aliphatic carbocycles. The van der Waals surface area contributed by atoms with E-state index in [1.54, 1.807) is 16.7 Å². The average molecular weight is 349 g/mol. The number of aromatic nitrogens is 1. The van der Waals surface area contributed by atoms with E-state index in [9.17, 15) is 14.7 Å². The molecule has 6 nitrogen and oxygen atoms in total. The molecule has 0 aliphatic heterocycles. The van der Waals surface area contributed by atoms with Crippen LogP contribution < -0.4 is 16.2 Å². The van der Waals surface area contributed by atoms with Crippen molar-refractivity contribution in [1.29, 1.82) is 0 Å². The van der Waals surface area contributed by atoms with Crippen LogP contribution in [-0.4, -0.2) is 28.8 Å². The molecule has 0 saturated carbocycles. The minimum atomic E-state index is -0.677. The topological polar surface area (TPSA) is 83.4 Å². The van der Waals surface area contributed by atoms with Gasteiger partial charge in [-0.3, -0.25) is 4.79 Å². The number of aliphatic hydroxyl groups excluding tert-OH is 1. The van der Waals surface area contributed by atoms with E-state index in [1.165, 1.54) is 11.3 Å². The van der Waals surface area contributed by atoms with Gasteiger partial charge >= 0.3 is 6.03 Å². The number of aliphatic hydroxyl groups is 1. The van der Waals surface area contributed by atoms with Crippen LogP contribution in [0.25, 0.3) is 0 Å². The molecule has 1 atom stereocenters. The molecule has 0 aromatic carbocycles. The molecule has 0 aliphatic rings. The number of unbranched alkanes of at least 4 members (excludes halogenated alkanes) is 1. The van der Waals surface area contributed by atoms with Gasteiger partial charge in [0.15, 0.2) is 0 Å². The second-order valence-corrected chi connectivity index (χ2v) is 6.51. The van der Waals surface area contributed by atoms with Gasteiger partial charge in [-0.05, 0) is 37.3 Å². The Kier molecular flexibility index (Phi) is 7.02. The van der Waals surface area contributed by atoms with Gasteiger partial charge in [0.1, 0.15) is 6.10 Å². The van der Waals surface area contributed by atoms with Crippen molar-refractivity contribution in [2.24, 2.45) is 0 Å². The molecule has 0 radical (unpaired) electrons. The van der Waals surface area contributed by atoms with Crippen LogP contribution in [-0.2, 0) is 6.54 Å². The van der Waals surface area contributed by atoms with Crippen molar-refractivity contribution in [2.75, 3.05) is 13.1 Å². The van der Waals surface area contributed by atoms with Crippen molar-refractivity contribution < 1.29 is 9.90 Å². The van der Waals surface area contributed by atoms with E-state index in [0.717, 1.165) is 23.4 Å². The molecule has 0 unspecified atom stereocenters. The summed E-state index contributed by atoms with van der Waals surface area (Å²) in [6.07, 6.45) is 0.911. The highest BCUT2D eigenvalue weighted by Gasteiger charge is 2.09. The van der Waals surface area contributed by atoms with E-state index in [1.807, 2.05) is 30.5 Å². The van der Waals surface area contributed by atoms with E-state index in [4.69, 9.17) is 0 Å². The van der Waals surface area contributed by atoms with Gasteiger partial charge in [-0.1, -0.05) is 12.1 Å².